The fourth-order valence-electron chi connectivity index (χ4n) is 4.36. The van der Waals surface area contributed by atoms with E-state index in [1.807, 2.05) is 6.07 Å². The van der Waals surface area contributed by atoms with E-state index in [4.69, 9.17) is 0 Å². The van der Waals surface area contributed by atoms with Crippen molar-refractivity contribution < 1.29 is 0 Å². The standard InChI is InChI=1S/C20H27BrN2/c1-19(2,21)17-10-13-23(14-17)18-8-11-20(15-22,12-9-18)16-6-4-3-5-7-16/h3-7,17-18H,8-14H2,1-2H3. The van der Waals surface area contributed by atoms with Gasteiger partial charge in [-0.1, -0.05) is 46.3 Å². The summed E-state index contributed by atoms with van der Waals surface area (Å²) in [7, 11) is 0. The van der Waals surface area contributed by atoms with E-state index in [1.165, 1.54) is 25.1 Å². The van der Waals surface area contributed by atoms with Crippen LogP contribution in [0.1, 0.15) is 51.5 Å². The van der Waals surface area contributed by atoms with E-state index in [2.05, 4.69) is 65.0 Å². The van der Waals surface area contributed by atoms with Gasteiger partial charge in [0, 0.05) is 16.9 Å². The van der Waals surface area contributed by atoms with Gasteiger partial charge in [-0.25, -0.2) is 0 Å². The van der Waals surface area contributed by atoms with E-state index in [0.29, 0.717) is 6.04 Å². The Balaban J connectivity index is 1.64. The van der Waals surface area contributed by atoms with Gasteiger partial charge >= 0.3 is 0 Å². The number of nitrogens with zero attached hydrogens (tertiary/aromatic N) is 2. The van der Waals surface area contributed by atoms with E-state index in [9.17, 15) is 5.26 Å². The van der Waals surface area contributed by atoms with Crippen molar-refractivity contribution in [3.63, 3.8) is 0 Å². The highest BCUT2D eigenvalue weighted by atomic mass is 79.9. The number of nitriles is 1. The largest absolute Gasteiger partial charge is 0.300 e. The molecule has 1 heterocycles. The van der Waals surface area contributed by atoms with Crippen LogP contribution in [0.5, 0.6) is 0 Å². The molecule has 0 bridgehead atoms. The zero-order chi connectivity index (χ0) is 16.5. The van der Waals surface area contributed by atoms with Crippen molar-refractivity contribution in [2.45, 2.75) is 61.7 Å². The average molecular weight is 375 g/mol. The molecule has 124 valence electrons. The quantitative estimate of drug-likeness (QED) is 0.704. The lowest BCUT2D eigenvalue weighted by Crippen LogP contribution is -2.41. The molecule has 0 spiro atoms. The molecule has 0 amide bonds. The molecule has 1 aromatic rings. The SMILES string of the molecule is CC(C)(Br)C1CCN(C2CCC(C#N)(c3ccccc3)CC2)C1. The molecule has 1 saturated carbocycles. The van der Waals surface area contributed by atoms with Crippen molar-refractivity contribution in [2.75, 3.05) is 13.1 Å². The zero-order valence-corrected chi connectivity index (χ0v) is 15.8. The van der Waals surface area contributed by atoms with Crippen molar-refractivity contribution in [1.82, 2.24) is 4.90 Å². The number of hydrogen-bond acceptors (Lipinski definition) is 2. The van der Waals surface area contributed by atoms with Gasteiger partial charge in [-0.3, -0.25) is 0 Å². The van der Waals surface area contributed by atoms with E-state index >= 15 is 0 Å². The molecule has 3 rings (SSSR count). The fraction of sp³-hybridized carbons (Fsp3) is 0.650. The van der Waals surface area contributed by atoms with Crippen LogP contribution in [-0.2, 0) is 5.41 Å². The minimum Gasteiger partial charge on any atom is -0.300 e. The summed E-state index contributed by atoms with van der Waals surface area (Å²) in [5.74, 6) is 0.735. The molecule has 3 heteroatoms. The highest BCUT2D eigenvalue weighted by Gasteiger charge is 2.41. The first-order valence-corrected chi connectivity index (χ1v) is 9.64. The molecule has 2 fully saturated rings. The van der Waals surface area contributed by atoms with E-state index in [-0.39, 0.29) is 9.74 Å². The van der Waals surface area contributed by atoms with Crippen LogP contribution in [-0.4, -0.2) is 28.4 Å². The summed E-state index contributed by atoms with van der Waals surface area (Å²) in [6.07, 6.45) is 5.58. The van der Waals surface area contributed by atoms with Gasteiger partial charge in [0.25, 0.3) is 0 Å². The first-order chi connectivity index (χ1) is 10.9. The number of halogens is 1. The van der Waals surface area contributed by atoms with E-state index in [0.717, 1.165) is 31.6 Å². The maximum atomic E-state index is 9.83. The van der Waals surface area contributed by atoms with E-state index < -0.39 is 0 Å². The Kier molecular flexibility index (Phi) is 4.85. The molecule has 1 atom stereocenters. The minimum atomic E-state index is -0.258. The molecule has 1 aliphatic carbocycles. The van der Waals surface area contributed by atoms with Crippen molar-refractivity contribution in [1.29, 1.82) is 5.26 Å². The van der Waals surface area contributed by atoms with Crippen LogP contribution < -0.4 is 0 Å². The van der Waals surface area contributed by atoms with Crippen LogP contribution in [0.2, 0.25) is 0 Å². The lowest BCUT2D eigenvalue weighted by atomic mass is 9.69. The molecular weight excluding hydrogens is 348 g/mol. The second-order valence-electron chi connectivity index (χ2n) is 7.84. The first kappa shape index (κ1) is 17.0. The summed E-state index contributed by atoms with van der Waals surface area (Å²) in [6.45, 7) is 7.00. The Labute approximate surface area is 149 Å². The Morgan fingerprint density at radius 3 is 2.35 bits per heavy atom. The van der Waals surface area contributed by atoms with Gasteiger partial charge in [0.1, 0.15) is 0 Å². The molecule has 23 heavy (non-hydrogen) atoms. The van der Waals surface area contributed by atoms with Gasteiger partial charge in [0.05, 0.1) is 11.5 Å². The number of rotatable bonds is 3. The minimum absolute atomic E-state index is 0.233. The highest BCUT2D eigenvalue weighted by Crippen LogP contribution is 2.42. The number of alkyl halides is 1. The van der Waals surface area contributed by atoms with Crippen LogP contribution in [0.25, 0.3) is 0 Å². The lowest BCUT2D eigenvalue weighted by molar-refractivity contribution is 0.158. The second-order valence-corrected chi connectivity index (χ2v) is 9.88. The van der Waals surface area contributed by atoms with Crippen molar-refractivity contribution in [3.05, 3.63) is 35.9 Å². The smallest absolute Gasteiger partial charge is 0.0823 e. The Morgan fingerprint density at radius 2 is 1.83 bits per heavy atom. The predicted molar refractivity (Wildman–Crippen MR) is 98.7 cm³/mol. The molecule has 0 aromatic heterocycles. The third-order valence-corrected chi connectivity index (χ3v) is 6.70. The van der Waals surface area contributed by atoms with Crippen LogP contribution in [0.3, 0.4) is 0 Å². The summed E-state index contributed by atoms with van der Waals surface area (Å²) in [4.78, 5) is 2.68. The summed E-state index contributed by atoms with van der Waals surface area (Å²) in [5.41, 5.74) is 0.952. The van der Waals surface area contributed by atoms with Crippen LogP contribution >= 0.6 is 15.9 Å². The molecule has 0 N–H and O–H groups in total. The molecular formula is C20H27BrN2. The third-order valence-electron chi connectivity index (χ3n) is 6.06. The summed E-state index contributed by atoms with van der Waals surface area (Å²) >= 11 is 3.85. The molecule has 2 aliphatic rings. The van der Waals surface area contributed by atoms with Crippen LogP contribution in [0.15, 0.2) is 30.3 Å². The van der Waals surface area contributed by atoms with Crippen molar-refractivity contribution in [2.24, 2.45) is 5.92 Å². The van der Waals surface area contributed by atoms with Gasteiger partial charge < -0.3 is 4.90 Å². The van der Waals surface area contributed by atoms with Crippen LogP contribution in [0.4, 0.5) is 0 Å². The maximum Gasteiger partial charge on any atom is 0.0823 e. The summed E-state index contributed by atoms with van der Waals surface area (Å²) < 4.78 is 0.233. The molecule has 2 nitrogen and oxygen atoms in total. The molecule has 0 radical (unpaired) electrons. The van der Waals surface area contributed by atoms with Crippen molar-refractivity contribution in [3.8, 4) is 6.07 Å². The highest BCUT2D eigenvalue weighted by molar-refractivity contribution is 9.10. The monoisotopic (exact) mass is 374 g/mol. The summed E-state index contributed by atoms with van der Waals surface area (Å²) in [6, 6.07) is 13.7. The number of benzene rings is 1. The topological polar surface area (TPSA) is 27.0 Å². The van der Waals surface area contributed by atoms with Gasteiger partial charge in [-0.05, 0) is 64.0 Å². The Bertz CT molecular complexity index is 562. The zero-order valence-electron chi connectivity index (χ0n) is 14.3. The van der Waals surface area contributed by atoms with Crippen molar-refractivity contribution >= 4 is 15.9 Å². The molecule has 1 aliphatic heterocycles. The lowest BCUT2D eigenvalue weighted by Gasteiger charge is -2.39. The first-order valence-electron chi connectivity index (χ1n) is 8.84. The predicted octanol–water partition coefficient (Wildman–Crippen LogP) is 4.89. The molecule has 1 unspecified atom stereocenters. The number of hydrogen-bond donors (Lipinski definition) is 0. The molecule has 1 saturated heterocycles. The van der Waals surface area contributed by atoms with Gasteiger partial charge in [0.2, 0.25) is 0 Å². The Hall–Kier alpha value is -0.850. The molecule has 1 aromatic carbocycles. The normalized spacial score (nSPS) is 32.6. The van der Waals surface area contributed by atoms with Gasteiger partial charge in [-0.15, -0.1) is 0 Å². The number of likely N-dealkylation sites (tertiary alicyclic amines) is 1. The maximum absolute atomic E-state index is 9.83. The van der Waals surface area contributed by atoms with Gasteiger partial charge in [0.15, 0.2) is 0 Å². The van der Waals surface area contributed by atoms with E-state index in [1.54, 1.807) is 0 Å². The average Bonchev–Trinajstić information content (AvgIpc) is 3.06. The summed E-state index contributed by atoms with van der Waals surface area (Å²) in [5, 5.41) is 9.83. The third kappa shape index (κ3) is 3.49. The Morgan fingerprint density at radius 1 is 1.17 bits per heavy atom. The second kappa shape index (κ2) is 6.57. The van der Waals surface area contributed by atoms with Gasteiger partial charge in [-0.2, -0.15) is 5.26 Å². The van der Waals surface area contributed by atoms with Crippen LogP contribution in [0, 0.1) is 17.2 Å². The fourth-order valence-corrected chi connectivity index (χ4v) is 4.74.